The normalized spacial score (nSPS) is 30.5. The lowest BCUT2D eigenvalue weighted by molar-refractivity contribution is -0.166. The van der Waals surface area contributed by atoms with Crippen LogP contribution in [-0.4, -0.2) is 18.9 Å². The summed E-state index contributed by atoms with van der Waals surface area (Å²) >= 11 is 0. The molecule has 1 aliphatic rings. The monoisotopic (exact) mass is 158 g/mol. The molecule has 0 aromatic rings. The van der Waals surface area contributed by atoms with Crippen molar-refractivity contribution >= 4 is 5.97 Å². The fourth-order valence-electron chi connectivity index (χ4n) is 1.26. The van der Waals surface area contributed by atoms with E-state index in [-0.39, 0.29) is 18.2 Å². The molecule has 0 bridgehead atoms. The molecule has 0 saturated carbocycles. The molecule has 1 heterocycles. The van der Waals surface area contributed by atoms with Crippen LogP contribution in [0, 0.1) is 5.92 Å². The summed E-state index contributed by atoms with van der Waals surface area (Å²) in [4.78, 5) is 10.8. The summed E-state index contributed by atoms with van der Waals surface area (Å²) in [6.45, 7) is 4.55. The number of hydrogen-bond donors (Lipinski definition) is 0. The molecule has 0 N–H and O–H groups in total. The third kappa shape index (κ3) is 1.93. The zero-order chi connectivity index (χ0) is 8.27. The summed E-state index contributed by atoms with van der Waals surface area (Å²) in [5.41, 5.74) is 0. The lowest BCUT2D eigenvalue weighted by Crippen LogP contribution is -2.19. The standard InChI is InChI=1S/C8H14O3/c1-3-6-5-7(9)11-8(6)10-4-2/h6,8H,3-5H2,1-2H3. The van der Waals surface area contributed by atoms with Gasteiger partial charge in [-0.05, 0) is 13.3 Å². The molecule has 2 unspecified atom stereocenters. The zero-order valence-electron chi connectivity index (χ0n) is 7.00. The van der Waals surface area contributed by atoms with Crippen molar-refractivity contribution in [3.63, 3.8) is 0 Å². The lowest BCUT2D eigenvalue weighted by Gasteiger charge is -2.14. The number of hydrogen-bond acceptors (Lipinski definition) is 3. The second-order valence-corrected chi connectivity index (χ2v) is 2.69. The van der Waals surface area contributed by atoms with E-state index < -0.39 is 0 Å². The SMILES string of the molecule is CCOC1OC(=O)CC1CC. The van der Waals surface area contributed by atoms with Gasteiger partial charge >= 0.3 is 5.97 Å². The summed E-state index contributed by atoms with van der Waals surface area (Å²) in [6.07, 6.45) is 1.18. The summed E-state index contributed by atoms with van der Waals surface area (Å²) in [6, 6.07) is 0. The van der Waals surface area contributed by atoms with Crippen LogP contribution in [0.25, 0.3) is 0 Å². The Labute approximate surface area is 66.7 Å². The first-order valence-electron chi connectivity index (χ1n) is 4.09. The first-order valence-corrected chi connectivity index (χ1v) is 4.09. The van der Waals surface area contributed by atoms with Crippen LogP contribution in [0.2, 0.25) is 0 Å². The minimum Gasteiger partial charge on any atom is -0.435 e. The van der Waals surface area contributed by atoms with Gasteiger partial charge in [0.1, 0.15) is 0 Å². The van der Waals surface area contributed by atoms with Crippen molar-refractivity contribution in [3.8, 4) is 0 Å². The Balaban J connectivity index is 2.43. The molecule has 1 fully saturated rings. The fraction of sp³-hybridized carbons (Fsp3) is 0.875. The van der Waals surface area contributed by atoms with E-state index in [1.165, 1.54) is 0 Å². The molecule has 3 heteroatoms. The molecule has 0 spiro atoms. The highest BCUT2D eigenvalue weighted by Gasteiger charge is 2.33. The summed E-state index contributed by atoms with van der Waals surface area (Å²) in [7, 11) is 0. The maximum Gasteiger partial charge on any atom is 0.308 e. The Hall–Kier alpha value is -0.570. The predicted molar refractivity (Wildman–Crippen MR) is 39.9 cm³/mol. The number of cyclic esters (lactones) is 1. The van der Waals surface area contributed by atoms with Gasteiger partial charge in [0.05, 0.1) is 6.42 Å². The molecule has 1 rings (SSSR count). The molecule has 0 amide bonds. The molecule has 1 aliphatic heterocycles. The van der Waals surface area contributed by atoms with Gasteiger partial charge in [0.2, 0.25) is 6.29 Å². The van der Waals surface area contributed by atoms with Gasteiger partial charge in [-0.3, -0.25) is 4.79 Å². The van der Waals surface area contributed by atoms with E-state index in [1.807, 2.05) is 13.8 Å². The molecular weight excluding hydrogens is 144 g/mol. The van der Waals surface area contributed by atoms with Crippen molar-refractivity contribution in [1.82, 2.24) is 0 Å². The molecule has 11 heavy (non-hydrogen) atoms. The topological polar surface area (TPSA) is 35.5 Å². The predicted octanol–water partition coefficient (Wildman–Crippen LogP) is 1.32. The Morgan fingerprint density at radius 3 is 2.91 bits per heavy atom. The van der Waals surface area contributed by atoms with Gasteiger partial charge in [-0.2, -0.15) is 0 Å². The van der Waals surface area contributed by atoms with E-state index in [9.17, 15) is 4.79 Å². The summed E-state index contributed by atoms with van der Waals surface area (Å²) < 4.78 is 10.2. The highest BCUT2D eigenvalue weighted by Crippen LogP contribution is 2.25. The smallest absolute Gasteiger partial charge is 0.308 e. The Bertz CT molecular complexity index is 144. The zero-order valence-corrected chi connectivity index (χ0v) is 7.00. The van der Waals surface area contributed by atoms with Crippen molar-refractivity contribution in [1.29, 1.82) is 0 Å². The maximum atomic E-state index is 10.8. The molecule has 2 atom stereocenters. The summed E-state index contributed by atoms with van der Waals surface area (Å²) in [5, 5.41) is 0. The van der Waals surface area contributed by atoms with Crippen LogP contribution >= 0.6 is 0 Å². The van der Waals surface area contributed by atoms with Crippen molar-refractivity contribution in [2.45, 2.75) is 33.0 Å². The largest absolute Gasteiger partial charge is 0.435 e. The van der Waals surface area contributed by atoms with E-state index in [1.54, 1.807) is 0 Å². The van der Waals surface area contributed by atoms with Crippen LogP contribution in [0.3, 0.4) is 0 Å². The van der Waals surface area contributed by atoms with E-state index in [0.29, 0.717) is 13.0 Å². The van der Waals surface area contributed by atoms with Crippen molar-refractivity contribution in [3.05, 3.63) is 0 Å². The van der Waals surface area contributed by atoms with E-state index in [4.69, 9.17) is 9.47 Å². The quantitative estimate of drug-likeness (QED) is 0.581. The molecule has 1 saturated heterocycles. The second-order valence-electron chi connectivity index (χ2n) is 2.69. The van der Waals surface area contributed by atoms with E-state index >= 15 is 0 Å². The van der Waals surface area contributed by atoms with Crippen molar-refractivity contribution in [2.24, 2.45) is 5.92 Å². The molecule has 64 valence electrons. The first kappa shape index (κ1) is 8.53. The van der Waals surface area contributed by atoms with Gasteiger partial charge in [-0.15, -0.1) is 0 Å². The van der Waals surface area contributed by atoms with Gasteiger partial charge < -0.3 is 9.47 Å². The number of ether oxygens (including phenoxy) is 2. The van der Waals surface area contributed by atoms with Crippen molar-refractivity contribution < 1.29 is 14.3 Å². The highest BCUT2D eigenvalue weighted by molar-refractivity contribution is 5.71. The van der Waals surface area contributed by atoms with Gasteiger partial charge in [-0.25, -0.2) is 0 Å². The number of rotatable bonds is 3. The number of carbonyl (C=O) groups is 1. The Morgan fingerprint density at radius 1 is 1.64 bits per heavy atom. The minimum atomic E-state index is -0.280. The van der Waals surface area contributed by atoms with E-state index in [2.05, 4.69) is 0 Å². The molecule has 0 radical (unpaired) electrons. The van der Waals surface area contributed by atoms with Gasteiger partial charge in [0.25, 0.3) is 0 Å². The second kappa shape index (κ2) is 3.72. The van der Waals surface area contributed by atoms with E-state index in [0.717, 1.165) is 6.42 Å². The average molecular weight is 158 g/mol. The Morgan fingerprint density at radius 2 is 2.36 bits per heavy atom. The number of esters is 1. The third-order valence-electron chi connectivity index (χ3n) is 1.92. The number of carbonyl (C=O) groups excluding carboxylic acids is 1. The Kier molecular flexibility index (Phi) is 2.88. The third-order valence-corrected chi connectivity index (χ3v) is 1.92. The van der Waals surface area contributed by atoms with Crippen molar-refractivity contribution in [2.75, 3.05) is 6.61 Å². The average Bonchev–Trinajstić information content (AvgIpc) is 2.32. The minimum absolute atomic E-state index is 0.129. The van der Waals surface area contributed by atoms with Crippen LogP contribution in [0.5, 0.6) is 0 Å². The fourth-order valence-corrected chi connectivity index (χ4v) is 1.26. The van der Waals surface area contributed by atoms with Crippen LogP contribution < -0.4 is 0 Å². The molecular formula is C8H14O3. The molecule has 0 aromatic heterocycles. The highest BCUT2D eigenvalue weighted by atomic mass is 16.7. The molecule has 0 aromatic carbocycles. The van der Waals surface area contributed by atoms with Crippen LogP contribution in [0.1, 0.15) is 26.7 Å². The lowest BCUT2D eigenvalue weighted by atomic mass is 10.1. The molecule has 3 nitrogen and oxygen atoms in total. The maximum absolute atomic E-state index is 10.8. The molecule has 0 aliphatic carbocycles. The van der Waals surface area contributed by atoms with Gasteiger partial charge in [0, 0.05) is 12.5 Å². The van der Waals surface area contributed by atoms with Crippen LogP contribution in [0.4, 0.5) is 0 Å². The van der Waals surface area contributed by atoms with Gasteiger partial charge in [0.15, 0.2) is 0 Å². The van der Waals surface area contributed by atoms with Crippen LogP contribution in [0.15, 0.2) is 0 Å². The first-order chi connectivity index (χ1) is 5.27. The summed E-state index contributed by atoms with van der Waals surface area (Å²) in [5.74, 6) is 0.137. The van der Waals surface area contributed by atoms with Crippen LogP contribution in [-0.2, 0) is 14.3 Å². The van der Waals surface area contributed by atoms with Gasteiger partial charge in [-0.1, -0.05) is 6.92 Å².